The molecule has 28 heavy (non-hydrogen) atoms. The summed E-state index contributed by atoms with van der Waals surface area (Å²) in [5, 5.41) is 2.62. The maximum Gasteiger partial charge on any atom is 0.122 e. The van der Waals surface area contributed by atoms with E-state index in [0.717, 1.165) is 16.6 Å². The van der Waals surface area contributed by atoms with Crippen LogP contribution in [0.4, 0.5) is 0 Å². The van der Waals surface area contributed by atoms with E-state index >= 15 is 0 Å². The summed E-state index contributed by atoms with van der Waals surface area (Å²) in [7, 11) is 1.73. The van der Waals surface area contributed by atoms with Crippen LogP contribution in [0.2, 0.25) is 0 Å². The van der Waals surface area contributed by atoms with Gasteiger partial charge in [-0.15, -0.1) is 0 Å². The van der Waals surface area contributed by atoms with E-state index in [9.17, 15) is 0 Å². The van der Waals surface area contributed by atoms with Crippen molar-refractivity contribution in [2.24, 2.45) is 0 Å². The van der Waals surface area contributed by atoms with Crippen LogP contribution in [-0.4, -0.2) is 7.11 Å². The molecule has 0 unspecified atom stereocenters. The van der Waals surface area contributed by atoms with Gasteiger partial charge in [0.15, 0.2) is 0 Å². The number of ether oxygens (including phenoxy) is 1. The molecule has 0 atom stereocenters. The summed E-state index contributed by atoms with van der Waals surface area (Å²) in [6.07, 6.45) is 0.844. The molecule has 138 valence electrons. The Morgan fingerprint density at radius 3 is 2.43 bits per heavy atom. The van der Waals surface area contributed by atoms with Crippen molar-refractivity contribution in [3.8, 4) is 5.75 Å². The second-order valence-electron chi connectivity index (χ2n) is 6.73. The number of hydrogen-bond acceptors (Lipinski definition) is 3. The third-order valence-corrected chi connectivity index (χ3v) is 8.03. The number of halogens is 1. The minimum Gasteiger partial charge on any atom is -0.496 e. The molecule has 0 N–H and O–H groups in total. The van der Waals surface area contributed by atoms with E-state index in [1.54, 1.807) is 7.11 Å². The molecule has 0 saturated heterocycles. The highest BCUT2D eigenvalue weighted by molar-refractivity contribution is 9.10. The molecule has 0 spiro atoms. The van der Waals surface area contributed by atoms with Gasteiger partial charge in [-0.05, 0) is 64.4 Å². The Morgan fingerprint density at radius 2 is 1.61 bits per heavy atom. The molecule has 0 amide bonds. The van der Waals surface area contributed by atoms with Crippen LogP contribution in [0.25, 0.3) is 10.8 Å². The van der Waals surface area contributed by atoms with Crippen LogP contribution in [0.5, 0.6) is 5.75 Å². The summed E-state index contributed by atoms with van der Waals surface area (Å²) in [5.74, 6) is 0.928. The Bertz CT molecular complexity index is 1200. The zero-order chi connectivity index (χ0) is 19.1. The van der Waals surface area contributed by atoms with Gasteiger partial charge in [-0.1, -0.05) is 69.8 Å². The van der Waals surface area contributed by atoms with E-state index in [-0.39, 0.29) is 0 Å². The molecule has 0 aromatic heterocycles. The average Bonchev–Trinajstić information content (AvgIpc) is 2.72. The zero-order valence-electron chi connectivity index (χ0n) is 15.2. The zero-order valence-corrected chi connectivity index (χ0v) is 18.5. The molecule has 1 nitrogen and oxygen atoms in total. The highest BCUT2D eigenvalue weighted by atomic mass is 79.9. The van der Waals surface area contributed by atoms with E-state index in [1.807, 2.05) is 35.7 Å². The molecule has 0 aliphatic carbocycles. The lowest BCUT2D eigenvalue weighted by Gasteiger charge is -2.20. The molecule has 1 aliphatic heterocycles. The Kier molecular flexibility index (Phi) is 4.87. The van der Waals surface area contributed by atoms with Gasteiger partial charge < -0.3 is 4.74 Å². The van der Waals surface area contributed by atoms with Crippen LogP contribution in [0, 0.1) is 0 Å². The number of methoxy groups -OCH3 is 1. The lowest BCUT2D eigenvalue weighted by Crippen LogP contribution is -1.95. The second kappa shape index (κ2) is 7.51. The molecule has 1 aliphatic rings. The Hall–Kier alpha value is -1.88. The number of hydrogen-bond donors (Lipinski definition) is 0. The maximum absolute atomic E-state index is 5.56. The van der Waals surface area contributed by atoms with Crippen molar-refractivity contribution in [2.45, 2.75) is 26.0 Å². The normalized spacial score (nSPS) is 12.5. The first-order chi connectivity index (χ1) is 13.7. The molecule has 0 bridgehead atoms. The summed E-state index contributed by atoms with van der Waals surface area (Å²) >= 11 is 7.33. The van der Waals surface area contributed by atoms with Crippen molar-refractivity contribution >= 4 is 50.2 Å². The fraction of sp³-hybridized carbons (Fsp3) is 0.0833. The van der Waals surface area contributed by atoms with E-state index in [2.05, 4.69) is 76.6 Å². The highest BCUT2D eigenvalue weighted by Crippen LogP contribution is 2.50. The van der Waals surface area contributed by atoms with Crippen LogP contribution >= 0.6 is 39.5 Å². The van der Waals surface area contributed by atoms with Gasteiger partial charge in [0, 0.05) is 30.5 Å². The minimum atomic E-state index is 0.844. The van der Waals surface area contributed by atoms with Crippen molar-refractivity contribution in [3.63, 3.8) is 0 Å². The molecule has 5 rings (SSSR count). The fourth-order valence-electron chi connectivity index (χ4n) is 3.57. The van der Waals surface area contributed by atoms with Crippen LogP contribution in [0.1, 0.15) is 11.1 Å². The van der Waals surface area contributed by atoms with Gasteiger partial charge in [0.05, 0.1) is 7.11 Å². The van der Waals surface area contributed by atoms with Gasteiger partial charge in [-0.2, -0.15) is 0 Å². The van der Waals surface area contributed by atoms with Crippen molar-refractivity contribution < 1.29 is 4.74 Å². The Morgan fingerprint density at radius 1 is 0.821 bits per heavy atom. The van der Waals surface area contributed by atoms with Crippen LogP contribution in [-0.2, 0) is 6.42 Å². The van der Waals surface area contributed by atoms with Gasteiger partial charge in [-0.25, -0.2) is 0 Å². The Balaban J connectivity index is 1.58. The lowest BCUT2D eigenvalue weighted by atomic mass is 10.0. The number of rotatable bonds is 3. The Labute approximate surface area is 181 Å². The quantitative estimate of drug-likeness (QED) is 0.269. The molecule has 0 saturated carbocycles. The molecular weight excluding hydrogens is 448 g/mol. The molecule has 4 aromatic rings. The molecular formula is C24H17BrOS2. The first-order valence-electron chi connectivity index (χ1n) is 9.04. The van der Waals surface area contributed by atoms with Gasteiger partial charge in [-0.3, -0.25) is 0 Å². The van der Waals surface area contributed by atoms with E-state index < -0.39 is 0 Å². The predicted molar refractivity (Wildman–Crippen MR) is 122 cm³/mol. The predicted octanol–water partition coefficient (Wildman–Crippen LogP) is 7.82. The maximum atomic E-state index is 5.56. The van der Waals surface area contributed by atoms with Gasteiger partial charge in [0.1, 0.15) is 5.75 Å². The smallest absolute Gasteiger partial charge is 0.122 e. The minimum absolute atomic E-state index is 0.844. The van der Waals surface area contributed by atoms with Gasteiger partial charge in [0.25, 0.3) is 0 Å². The van der Waals surface area contributed by atoms with Gasteiger partial charge in [0.2, 0.25) is 0 Å². The van der Waals surface area contributed by atoms with E-state index in [4.69, 9.17) is 4.74 Å². The lowest BCUT2D eigenvalue weighted by molar-refractivity contribution is 0.410. The van der Waals surface area contributed by atoms with E-state index in [1.165, 1.54) is 41.5 Å². The fourth-order valence-corrected chi connectivity index (χ4v) is 6.36. The summed E-state index contributed by atoms with van der Waals surface area (Å²) in [4.78, 5) is 5.39. The molecule has 1 heterocycles. The van der Waals surface area contributed by atoms with Gasteiger partial charge >= 0.3 is 0 Å². The van der Waals surface area contributed by atoms with Crippen molar-refractivity contribution in [3.05, 3.63) is 88.4 Å². The molecule has 0 fully saturated rings. The van der Waals surface area contributed by atoms with Crippen LogP contribution in [0.3, 0.4) is 0 Å². The second-order valence-corrected chi connectivity index (χ2v) is 9.78. The largest absolute Gasteiger partial charge is 0.496 e. The topological polar surface area (TPSA) is 9.23 Å². The standard InChI is InChI=1S/C24H17BrOS2/c1-26-20-10-9-18(25)14-17(20)12-15-6-7-16-8-11-23-24(19(16)13-15)28-22-5-3-2-4-21(22)27-23/h2-11,13-14H,12H2,1H3. The number of benzene rings is 4. The van der Waals surface area contributed by atoms with Crippen LogP contribution < -0.4 is 4.74 Å². The highest BCUT2D eigenvalue weighted by Gasteiger charge is 2.19. The summed E-state index contributed by atoms with van der Waals surface area (Å²) in [5.41, 5.74) is 2.48. The number of fused-ring (bicyclic) bond motifs is 4. The van der Waals surface area contributed by atoms with E-state index in [0.29, 0.717) is 0 Å². The van der Waals surface area contributed by atoms with Crippen molar-refractivity contribution in [2.75, 3.05) is 7.11 Å². The van der Waals surface area contributed by atoms with Crippen molar-refractivity contribution in [1.82, 2.24) is 0 Å². The SMILES string of the molecule is COc1ccc(Br)cc1Cc1ccc2ccc3c(c2c1)Sc1ccccc1S3. The first kappa shape index (κ1) is 18.2. The first-order valence-corrected chi connectivity index (χ1v) is 11.5. The third-order valence-electron chi connectivity index (χ3n) is 4.92. The average molecular weight is 465 g/mol. The molecule has 4 aromatic carbocycles. The molecule has 4 heteroatoms. The monoisotopic (exact) mass is 464 g/mol. The third kappa shape index (κ3) is 3.34. The van der Waals surface area contributed by atoms with Crippen molar-refractivity contribution in [1.29, 1.82) is 0 Å². The molecule has 0 radical (unpaired) electrons. The summed E-state index contributed by atoms with van der Waals surface area (Å²) < 4.78 is 6.64. The summed E-state index contributed by atoms with van der Waals surface area (Å²) in [6.45, 7) is 0. The summed E-state index contributed by atoms with van der Waals surface area (Å²) in [6, 6.07) is 26.1. The van der Waals surface area contributed by atoms with Crippen LogP contribution in [0.15, 0.2) is 96.9 Å².